The molecule has 2 saturated heterocycles. The molecule has 0 saturated carbocycles. The van der Waals surface area contributed by atoms with Gasteiger partial charge >= 0.3 is 12.0 Å². The van der Waals surface area contributed by atoms with Gasteiger partial charge in [-0.25, -0.2) is 9.59 Å². The van der Waals surface area contributed by atoms with E-state index in [1.807, 2.05) is 13.8 Å². The van der Waals surface area contributed by atoms with Gasteiger partial charge in [0, 0.05) is 13.6 Å². The van der Waals surface area contributed by atoms with Crippen LogP contribution < -0.4 is 0 Å². The van der Waals surface area contributed by atoms with E-state index in [-0.39, 0.29) is 24.6 Å². The molecule has 8 heteroatoms. The number of rotatable bonds is 4. The van der Waals surface area contributed by atoms with Crippen LogP contribution in [0.25, 0.3) is 0 Å². The average Bonchev–Trinajstić information content (AvgIpc) is 3.20. The third-order valence-corrected chi connectivity index (χ3v) is 4.87. The molecule has 2 atom stereocenters. The molecule has 3 amide bonds. The molecule has 0 radical (unpaired) electrons. The topological polar surface area (TPSA) is 79.4 Å². The molecule has 2 fully saturated rings. The first-order chi connectivity index (χ1) is 11.7. The van der Waals surface area contributed by atoms with Gasteiger partial charge in [0.2, 0.25) is 5.91 Å². The number of amides is 3. The lowest BCUT2D eigenvalue weighted by molar-refractivity contribution is -0.147. The van der Waals surface area contributed by atoms with Crippen LogP contribution in [0.2, 0.25) is 0 Å². The third-order valence-electron chi connectivity index (χ3n) is 4.87. The maximum atomic E-state index is 12.8. The summed E-state index contributed by atoms with van der Waals surface area (Å²) < 4.78 is 10.7. The van der Waals surface area contributed by atoms with Gasteiger partial charge in [0.1, 0.15) is 18.4 Å². The lowest BCUT2D eigenvalue weighted by atomic mass is 10.0. The molecule has 0 aliphatic carbocycles. The Morgan fingerprint density at radius 3 is 2.48 bits per heavy atom. The SMILES string of the molecule is C=CC(=O)N1CO[C@]2(CCN(C(=O)N(C)[C@H](C(=O)OC)C(C)C)C2)C1. The zero-order valence-corrected chi connectivity index (χ0v) is 15.4. The van der Waals surface area contributed by atoms with Gasteiger partial charge in [0.25, 0.3) is 0 Å². The fraction of sp³-hybridized carbons (Fsp3) is 0.706. The number of urea groups is 1. The molecule has 2 aliphatic heterocycles. The zero-order chi connectivity index (χ0) is 18.8. The number of methoxy groups -OCH3 is 1. The standard InChI is InChI=1S/C17H27N3O5/c1-6-13(21)20-10-17(25-11-20)7-8-19(9-17)16(23)18(4)14(12(2)3)15(22)24-5/h6,12,14H,1,7-11H2,2-5H3/t14-,17-/m0/s1. The molecule has 8 nitrogen and oxygen atoms in total. The van der Waals surface area contributed by atoms with Crippen LogP contribution in [-0.4, -0.2) is 84.8 Å². The quantitative estimate of drug-likeness (QED) is 0.549. The number of hydrogen-bond acceptors (Lipinski definition) is 5. The minimum atomic E-state index is -0.641. The molecule has 0 aromatic rings. The molecular formula is C17H27N3O5. The Bertz CT molecular complexity index is 564. The average molecular weight is 353 g/mol. The second-order valence-electron chi connectivity index (χ2n) is 6.97. The molecule has 2 aliphatic rings. The van der Waals surface area contributed by atoms with Gasteiger partial charge in [0.15, 0.2) is 0 Å². The summed E-state index contributed by atoms with van der Waals surface area (Å²) in [4.78, 5) is 41.2. The van der Waals surface area contributed by atoms with E-state index in [1.165, 1.54) is 18.1 Å². The maximum absolute atomic E-state index is 12.8. The number of carbonyl (C=O) groups excluding carboxylic acids is 3. The minimum absolute atomic E-state index is 0.0681. The fourth-order valence-electron chi connectivity index (χ4n) is 3.52. The Hall–Kier alpha value is -2.09. The first-order valence-electron chi connectivity index (χ1n) is 8.39. The van der Waals surface area contributed by atoms with Gasteiger partial charge in [-0.3, -0.25) is 4.79 Å². The summed E-state index contributed by atoms with van der Waals surface area (Å²) in [6.45, 7) is 8.79. The van der Waals surface area contributed by atoms with Gasteiger partial charge in [-0.05, 0) is 18.4 Å². The molecular weight excluding hydrogens is 326 g/mol. The lowest BCUT2D eigenvalue weighted by Gasteiger charge is -2.32. The molecule has 2 rings (SSSR count). The lowest BCUT2D eigenvalue weighted by Crippen LogP contribution is -2.52. The molecule has 0 N–H and O–H groups in total. The summed E-state index contributed by atoms with van der Waals surface area (Å²) in [5.41, 5.74) is -0.534. The van der Waals surface area contributed by atoms with Crippen LogP contribution >= 0.6 is 0 Å². The van der Waals surface area contributed by atoms with Gasteiger partial charge in [0.05, 0.1) is 20.2 Å². The summed E-state index contributed by atoms with van der Waals surface area (Å²) in [5.74, 6) is -0.676. The Kier molecular flexibility index (Phi) is 5.72. The molecule has 0 aromatic carbocycles. The minimum Gasteiger partial charge on any atom is -0.467 e. The summed E-state index contributed by atoms with van der Waals surface area (Å²) in [6, 6.07) is -0.879. The summed E-state index contributed by atoms with van der Waals surface area (Å²) in [6.07, 6.45) is 1.91. The van der Waals surface area contributed by atoms with Gasteiger partial charge in [-0.2, -0.15) is 0 Å². The molecule has 0 unspecified atom stereocenters. The fourth-order valence-corrected chi connectivity index (χ4v) is 3.52. The van der Waals surface area contributed by atoms with Crippen molar-refractivity contribution in [3.8, 4) is 0 Å². The Labute approximate surface area is 148 Å². The van der Waals surface area contributed by atoms with Crippen LogP contribution in [0.5, 0.6) is 0 Å². The van der Waals surface area contributed by atoms with Crippen molar-refractivity contribution in [2.24, 2.45) is 5.92 Å². The van der Waals surface area contributed by atoms with Crippen LogP contribution in [0.3, 0.4) is 0 Å². The van der Waals surface area contributed by atoms with Crippen molar-refractivity contribution in [3.05, 3.63) is 12.7 Å². The summed E-state index contributed by atoms with van der Waals surface area (Å²) in [7, 11) is 2.93. The van der Waals surface area contributed by atoms with E-state index in [0.717, 1.165) is 0 Å². The highest BCUT2D eigenvalue weighted by atomic mass is 16.5. The number of likely N-dealkylation sites (N-methyl/N-ethyl adjacent to an activating group) is 1. The smallest absolute Gasteiger partial charge is 0.328 e. The highest BCUT2D eigenvalue weighted by molar-refractivity contribution is 5.87. The second kappa shape index (κ2) is 7.43. The van der Waals surface area contributed by atoms with Gasteiger partial charge in [-0.1, -0.05) is 20.4 Å². The van der Waals surface area contributed by atoms with E-state index in [0.29, 0.717) is 26.1 Å². The molecule has 140 valence electrons. The van der Waals surface area contributed by atoms with Gasteiger partial charge < -0.3 is 24.2 Å². The van der Waals surface area contributed by atoms with E-state index in [9.17, 15) is 14.4 Å². The maximum Gasteiger partial charge on any atom is 0.328 e. The summed E-state index contributed by atoms with van der Waals surface area (Å²) >= 11 is 0. The number of nitrogens with zero attached hydrogens (tertiary/aromatic N) is 3. The predicted molar refractivity (Wildman–Crippen MR) is 90.6 cm³/mol. The first-order valence-corrected chi connectivity index (χ1v) is 8.39. The second-order valence-corrected chi connectivity index (χ2v) is 6.97. The molecule has 1 spiro atoms. The highest BCUT2D eigenvalue weighted by Crippen LogP contribution is 2.32. The molecule has 0 bridgehead atoms. The third kappa shape index (κ3) is 3.78. The van der Waals surface area contributed by atoms with E-state index in [1.54, 1.807) is 16.8 Å². The number of ether oxygens (including phenoxy) is 2. The largest absolute Gasteiger partial charge is 0.467 e. The van der Waals surface area contributed by atoms with Crippen LogP contribution in [0.1, 0.15) is 20.3 Å². The monoisotopic (exact) mass is 353 g/mol. The van der Waals surface area contributed by atoms with Crippen LogP contribution in [0.4, 0.5) is 4.79 Å². The zero-order valence-electron chi connectivity index (χ0n) is 15.4. The van der Waals surface area contributed by atoms with Crippen molar-refractivity contribution in [1.82, 2.24) is 14.7 Å². The van der Waals surface area contributed by atoms with Crippen molar-refractivity contribution in [2.75, 3.05) is 40.5 Å². The van der Waals surface area contributed by atoms with E-state index in [4.69, 9.17) is 9.47 Å². The number of likely N-dealkylation sites (tertiary alicyclic amines) is 1. The molecule has 0 aromatic heterocycles. The number of hydrogen-bond donors (Lipinski definition) is 0. The van der Waals surface area contributed by atoms with Crippen molar-refractivity contribution >= 4 is 17.9 Å². The van der Waals surface area contributed by atoms with E-state index < -0.39 is 17.6 Å². The van der Waals surface area contributed by atoms with Crippen molar-refractivity contribution in [3.63, 3.8) is 0 Å². The van der Waals surface area contributed by atoms with Crippen molar-refractivity contribution in [1.29, 1.82) is 0 Å². The van der Waals surface area contributed by atoms with Crippen LogP contribution in [-0.2, 0) is 19.1 Å². The van der Waals surface area contributed by atoms with Crippen LogP contribution in [0, 0.1) is 5.92 Å². The first kappa shape index (κ1) is 19.2. The highest BCUT2D eigenvalue weighted by Gasteiger charge is 2.48. The normalized spacial score (nSPS) is 23.9. The number of esters is 1. The van der Waals surface area contributed by atoms with E-state index >= 15 is 0 Å². The summed E-state index contributed by atoms with van der Waals surface area (Å²) in [5, 5.41) is 0. The van der Waals surface area contributed by atoms with Crippen LogP contribution in [0.15, 0.2) is 12.7 Å². The Morgan fingerprint density at radius 1 is 1.28 bits per heavy atom. The van der Waals surface area contributed by atoms with Crippen molar-refractivity contribution < 1.29 is 23.9 Å². The Balaban J connectivity index is 2.03. The van der Waals surface area contributed by atoms with Gasteiger partial charge in [-0.15, -0.1) is 0 Å². The predicted octanol–water partition coefficient (Wildman–Crippen LogP) is 0.683. The Morgan fingerprint density at radius 2 is 1.92 bits per heavy atom. The number of carbonyl (C=O) groups is 3. The van der Waals surface area contributed by atoms with Crippen molar-refractivity contribution in [2.45, 2.75) is 31.9 Å². The molecule has 25 heavy (non-hydrogen) atoms. The van der Waals surface area contributed by atoms with E-state index in [2.05, 4.69) is 6.58 Å². The molecule has 2 heterocycles.